The first-order chi connectivity index (χ1) is 11.6. The maximum absolute atomic E-state index is 4.34. The van der Waals surface area contributed by atoms with Crippen molar-refractivity contribution in [2.75, 3.05) is 19.6 Å². The number of nitrogens with zero attached hydrogens (tertiary/aromatic N) is 2. The Hall–Kier alpha value is -1.61. The second-order valence-corrected chi connectivity index (χ2v) is 7.82. The normalized spacial score (nSPS) is 20.4. The average molecular weight is 326 g/mol. The molecule has 1 aromatic heterocycles. The summed E-state index contributed by atoms with van der Waals surface area (Å²) in [5, 5.41) is 7.65. The van der Waals surface area contributed by atoms with Gasteiger partial charge in [-0.25, -0.2) is 0 Å². The summed E-state index contributed by atoms with van der Waals surface area (Å²) in [7, 11) is 0. The summed E-state index contributed by atoms with van der Waals surface area (Å²) in [6.07, 6.45) is 5.74. The minimum atomic E-state index is 0.585. The Bertz CT molecular complexity index is 617. The van der Waals surface area contributed by atoms with Gasteiger partial charge < -0.3 is 4.90 Å². The third kappa shape index (κ3) is 4.27. The molecule has 1 aliphatic heterocycles. The van der Waals surface area contributed by atoms with Crippen LogP contribution in [-0.4, -0.2) is 34.7 Å². The number of aromatic nitrogens is 2. The maximum atomic E-state index is 4.34. The predicted molar refractivity (Wildman–Crippen MR) is 100 cm³/mol. The Morgan fingerprint density at radius 1 is 1.21 bits per heavy atom. The molecule has 3 rings (SSSR count). The fourth-order valence-corrected chi connectivity index (χ4v) is 4.01. The summed E-state index contributed by atoms with van der Waals surface area (Å²) in [5.74, 6) is 1.87. The minimum absolute atomic E-state index is 0.585. The van der Waals surface area contributed by atoms with Crippen molar-refractivity contribution in [2.45, 2.75) is 51.9 Å². The van der Waals surface area contributed by atoms with Crippen molar-refractivity contribution < 1.29 is 0 Å². The number of rotatable bonds is 6. The van der Waals surface area contributed by atoms with Gasteiger partial charge in [-0.1, -0.05) is 51.1 Å². The highest BCUT2D eigenvalue weighted by molar-refractivity contribution is 5.23. The van der Waals surface area contributed by atoms with Gasteiger partial charge in [0.25, 0.3) is 0 Å². The first-order valence-corrected chi connectivity index (χ1v) is 9.43. The lowest BCUT2D eigenvalue weighted by molar-refractivity contribution is 0.197. The predicted octanol–water partition coefficient (Wildman–Crippen LogP) is 4.59. The van der Waals surface area contributed by atoms with Gasteiger partial charge in [-0.15, -0.1) is 0 Å². The van der Waals surface area contributed by atoms with Gasteiger partial charge in [0.05, 0.1) is 6.20 Å². The fraction of sp³-hybridized carbons (Fsp3) is 0.571. The van der Waals surface area contributed by atoms with Gasteiger partial charge in [-0.2, -0.15) is 5.10 Å². The zero-order chi connectivity index (χ0) is 16.9. The number of hydrogen-bond acceptors (Lipinski definition) is 2. The van der Waals surface area contributed by atoms with Crippen molar-refractivity contribution in [1.82, 2.24) is 15.1 Å². The van der Waals surface area contributed by atoms with Gasteiger partial charge in [0.1, 0.15) is 0 Å². The van der Waals surface area contributed by atoms with Gasteiger partial charge >= 0.3 is 0 Å². The molecule has 0 unspecified atom stereocenters. The van der Waals surface area contributed by atoms with Gasteiger partial charge in [-0.05, 0) is 48.8 Å². The van der Waals surface area contributed by atoms with Crippen LogP contribution in [0.5, 0.6) is 0 Å². The lowest BCUT2D eigenvalue weighted by Gasteiger charge is -2.34. The van der Waals surface area contributed by atoms with Crippen LogP contribution in [0, 0.1) is 5.92 Å². The van der Waals surface area contributed by atoms with Crippen LogP contribution in [0.4, 0.5) is 0 Å². The van der Waals surface area contributed by atoms with Crippen LogP contribution in [0.15, 0.2) is 36.5 Å². The van der Waals surface area contributed by atoms with E-state index < -0.39 is 0 Å². The van der Waals surface area contributed by atoms with Crippen molar-refractivity contribution in [3.63, 3.8) is 0 Å². The second kappa shape index (κ2) is 7.98. The molecule has 0 saturated carbocycles. The molecule has 24 heavy (non-hydrogen) atoms. The number of likely N-dealkylation sites (tertiary alicyclic amines) is 1. The molecular formula is C21H31N3. The summed E-state index contributed by atoms with van der Waals surface area (Å²) in [6, 6.07) is 10.9. The summed E-state index contributed by atoms with van der Waals surface area (Å²) in [6.45, 7) is 10.4. The average Bonchev–Trinajstić information content (AvgIpc) is 3.03. The molecule has 1 N–H and O–H groups in total. The van der Waals surface area contributed by atoms with Crippen LogP contribution in [0.1, 0.15) is 62.3 Å². The molecule has 0 amide bonds. The quantitative estimate of drug-likeness (QED) is 0.842. The highest BCUT2D eigenvalue weighted by Gasteiger charge is 2.25. The van der Waals surface area contributed by atoms with Crippen molar-refractivity contribution in [3.05, 3.63) is 53.3 Å². The smallest absolute Gasteiger partial charge is 0.0522 e. The molecule has 3 nitrogen and oxygen atoms in total. The molecule has 130 valence electrons. The standard InChI is InChI=1S/C21H31N3/c1-16(2)12-20-13-22-23-21(20)19-10-7-11-24(15-19)14-17(3)18-8-5-4-6-9-18/h4-6,8-9,13,16-17,19H,7,10-12,14-15H2,1-3H3,(H,22,23)/t17-,19-/m0/s1. The molecule has 0 radical (unpaired) electrons. The highest BCUT2D eigenvalue weighted by atomic mass is 15.2. The van der Waals surface area contributed by atoms with E-state index in [0.29, 0.717) is 17.8 Å². The summed E-state index contributed by atoms with van der Waals surface area (Å²) < 4.78 is 0. The molecule has 1 fully saturated rings. The van der Waals surface area contributed by atoms with E-state index in [1.807, 2.05) is 6.20 Å². The Balaban J connectivity index is 1.63. The van der Waals surface area contributed by atoms with Crippen LogP contribution in [0.3, 0.4) is 0 Å². The molecular weight excluding hydrogens is 294 g/mol. The van der Waals surface area contributed by atoms with Gasteiger partial charge in [0.2, 0.25) is 0 Å². The molecule has 1 aromatic carbocycles. The van der Waals surface area contributed by atoms with E-state index in [4.69, 9.17) is 0 Å². The molecule has 2 heterocycles. The molecule has 3 heteroatoms. The van der Waals surface area contributed by atoms with Crippen molar-refractivity contribution >= 4 is 0 Å². The van der Waals surface area contributed by atoms with E-state index in [9.17, 15) is 0 Å². The van der Waals surface area contributed by atoms with Crippen LogP contribution in [-0.2, 0) is 6.42 Å². The SMILES string of the molecule is CC(C)Cc1cn[nH]c1[C@H]1CCCN(C[C@H](C)c2ccccc2)C1. The Morgan fingerprint density at radius 3 is 2.75 bits per heavy atom. The zero-order valence-corrected chi connectivity index (χ0v) is 15.3. The summed E-state index contributed by atoms with van der Waals surface area (Å²) in [5.41, 5.74) is 4.26. The molecule has 2 aromatic rings. The van der Waals surface area contributed by atoms with Crippen molar-refractivity contribution in [2.24, 2.45) is 5.92 Å². The van der Waals surface area contributed by atoms with Crippen LogP contribution in [0.25, 0.3) is 0 Å². The van der Waals surface area contributed by atoms with E-state index in [1.54, 1.807) is 0 Å². The molecule has 0 spiro atoms. The third-order valence-electron chi connectivity index (χ3n) is 5.19. The molecule has 0 aliphatic carbocycles. The third-order valence-corrected chi connectivity index (χ3v) is 5.19. The minimum Gasteiger partial charge on any atom is -0.302 e. The summed E-state index contributed by atoms with van der Waals surface area (Å²) >= 11 is 0. The fourth-order valence-electron chi connectivity index (χ4n) is 4.01. The van der Waals surface area contributed by atoms with Crippen LogP contribution in [0.2, 0.25) is 0 Å². The maximum Gasteiger partial charge on any atom is 0.0522 e. The lowest BCUT2D eigenvalue weighted by atomic mass is 9.89. The number of nitrogens with one attached hydrogen (secondary N) is 1. The number of benzene rings is 1. The first kappa shape index (κ1) is 17.2. The largest absolute Gasteiger partial charge is 0.302 e. The Kier molecular flexibility index (Phi) is 5.72. The number of hydrogen-bond donors (Lipinski definition) is 1. The van der Waals surface area contributed by atoms with E-state index in [1.165, 1.54) is 36.2 Å². The molecule has 1 aliphatic rings. The van der Waals surface area contributed by atoms with Crippen LogP contribution < -0.4 is 0 Å². The van der Waals surface area contributed by atoms with Crippen molar-refractivity contribution in [1.29, 1.82) is 0 Å². The molecule has 1 saturated heterocycles. The van der Waals surface area contributed by atoms with Crippen LogP contribution >= 0.6 is 0 Å². The topological polar surface area (TPSA) is 31.9 Å². The second-order valence-electron chi connectivity index (χ2n) is 7.82. The van der Waals surface area contributed by atoms with Gasteiger partial charge in [0, 0.05) is 24.7 Å². The number of aromatic amines is 1. The number of piperidine rings is 1. The molecule has 0 bridgehead atoms. The molecule has 2 atom stereocenters. The highest BCUT2D eigenvalue weighted by Crippen LogP contribution is 2.30. The van der Waals surface area contributed by atoms with Crippen molar-refractivity contribution in [3.8, 4) is 0 Å². The number of H-pyrrole nitrogens is 1. The van der Waals surface area contributed by atoms with E-state index in [-0.39, 0.29) is 0 Å². The van der Waals surface area contributed by atoms with Gasteiger partial charge in [-0.3, -0.25) is 5.10 Å². The lowest BCUT2D eigenvalue weighted by Crippen LogP contribution is -2.37. The van der Waals surface area contributed by atoms with E-state index in [0.717, 1.165) is 19.5 Å². The van der Waals surface area contributed by atoms with E-state index >= 15 is 0 Å². The van der Waals surface area contributed by atoms with E-state index in [2.05, 4.69) is 66.2 Å². The summed E-state index contributed by atoms with van der Waals surface area (Å²) in [4.78, 5) is 2.64. The monoisotopic (exact) mass is 325 g/mol. The zero-order valence-electron chi connectivity index (χ0n) is 15.3. The Labute approximate surface area is 146 Å². The Morgan fingerprint density at radius 2 is 2.00 bits per heavy atom. The first-order valence-electron chi connectivity index (χ1n) is 9.43. The van der Waals surface area contributed by atoms with Gasteiger partial charge in [0.15, 0.2) is 0 Å².